The Morgan fingerprint density at radius 1 is 1.13 bits per heavy atom. The van der Waals surface area contributed by atoms with Gasteiger partial charge in [0.15, 0.2) is 15.5 Å². The van der Waals surface area contributed by atoms with Gasteiger partial charge in [0.05, 0.1) is 30.3 Å². The Labute approximate surface area is 257 Å². The predicted octanol–water partition coefficient (Wildman–Crippen LogP) is 2.99. The maximum Gasteiger partial charge on any atom is 0.292 e. The molecule has 2 aliphatic heterocycles. The van der Waals surface area contributed by atoms with Crippen LogP contribution in [0.25, 0.3) is 28.0 Å². The third kappa shape index (κ3) is 4.74. The molecular weight excluding hydrogens is 596 g/mol. The van der Waals surface area contributed by atoms with Gasteiger partial charge in [0.25, 0.3) is 5.91 Å². The first-order chi connectivity index (χ1) is 21.7. The summed E-state index contributed by atoms with van der Waals surface area (Å²) in [6, 6.07) is 10.9. The molecule has 228 valence electrons. The Balaban J connectivity index is 1.26. The molecule has 15 heteroatoms. The molecule has 1 aromatic carbocycles. The lowest BCUT2D eigenvalue weighted by molar-refractivity contribution is 0.0556. The van der Waals surface area contributed by atoms with Gasteiger partial charge < -0.3 is 20.4 Å². The maximum absolute atomic E-state index is 13.2. The van der Waals surface area contributed by atoms with E-state index in [9.17, 15) is 18.5 Å². The highest BCUT2D eigenvalue weighted by molar-refractivity contribution is 7.91. The zero-order valence-electron chi connectivity index (χ0n) is 24.4. The number of pyridine rings is 1. The second-order valence-electron chi connectivity index (χ2n) is 11.3. The molecule has 2 aliphatic rings. The summed E-state index contributed by atoms with van der Waals surface area (Å²) in [5, 5.41) is 21.5. The number of piperidine rings is 1. The molecule has 0 radical (unpaired) electrons. The van der Waals surface area contributed by atoms with Crippen LogP contribution in [0.5, 0.6) is 5.75 Å². The van der Waals surface area contributed by atoms with E-state index in [1.54, 1.807) is 24.5 Å². The number of nitrogens with zero attached hydrogens (tertiary/aromatic N) is 8. The number of carbonyl (C=O) groups is 1. The minimum Gasteiger partial charge on any atom is -0.495 e. The monoisotopic (exact) mass is 624 g/mol. The summed E-state index contributed by atoms with van der Waals surface area (Å²) < 4.78 is 32.8. The van der Waals surface area contributed by atoms with Crippen LogP contribution in [0.4, 0.5) is 5.82 Å². The highest BCUT2D eigenvalue weighted by atomic mass is 32.2. The molecular formula is C30H28N10O4S. The number of ether oxygens (including phenoxy) is 1. The second kappa shape index (κ2) is 10.7. The summed E-state index contributed by atoms with van der Waals surface area (Å²) in [7, 11) is -2.27. The fourth-order valence-corrected chi connectivity index (χ4v) is 7.78. The smallest absolute Gasteiger partial charge is 0.292 e. The number of nitrogen functional groups attached to an aromatic ring is 1. The van der Waals surface area contributed by atoms with Crippen LogP contribution in [-0.4, -0.2) is 79.4 Å². The topological polar surface area (TPSA) is 198 Å². The predicted molar refractivity (Wildman–Crippen MR) is 162 cm³/mol. The summed E-state index contributed by atoms with van der Waals surface area (Å²) in [5.74, 6) is 0.204. The van der Waals surface area contributed by atoms with E-state index in [2.05, 4.69) is 31.3 Å². The van der Waals surface area contributed by atoms with Crippen LogP contribution < -0.4 is 10.5 Å². The standard InChI is InChI=1S/C30H28N10O4S/c1-44-24-8-4-16(9-19(24)12-31)23-7-3-17(13-33-23)22-14-36-40-27(32)26(45(2,42)43)25(37-29(22)40)18-10-20-5-6-21(11-18)39(20)30(41)28-34-15-35-38-28/h3-4,7-9,13-15,18,20-21H,5-6,10-11,32H2,1-2H3,(H,34,35,38). The van der Waals surface area contributed by atoms with Gasteiger partial charge in [0.1, 0.15) is 28.9 Å². The summed E-state index contributed by atoms with van der Waals surface area (Å²) in [6.45, 7) is 0. The van der Waals surface area contributed by atoms with Crippen LogP contribution >= 0.6 is 0 Å². The summed E-state index contributed by atoms with van der Waals surface area (Å²) in [5.41, 5.74) is 10.5. The molecule has 2 bridgehead atoms. The van der Waals surface area contributed by atoms with Crippen LogP contribution in [0.2, 0.25) is 0 Å². The summed E-state index contributed by atoms with van der Waals surface area (Å²) in [6.07, 6.45) is 8.43. The molecule has 45 heavy (non-hydrogen) atoms. The first kappa shape index (κ1) is 28.4. The number of benzene rings is 1. The Morgan fingerprint density at radius 2 is 1.89 bits per heavy atom. The number of aromatic nitrogens is 7. The molecule has 7 rings (SSSR count). The fourth-order valence-electron chi connectivity index (χ4n) is 6.72. The molecule has 5 aromatic rings. The minimum atomic E-state index is -3.78. The Morgan fingerprint density at radius 3 is 2.51 bits per heavy atom. The van der Waals surface area contributed by atoms with E-state index in [1.165, 1.54) is 18.0 Å². The molecule has 14 nitrogen and oxygen atoms in total. The molecule has 2 atom stereocenters. The van der Waals surface area contributed by atoms with Crippen LogP contribution in [-0.2, 0) is 9.84 Å². The van der Waals surface area contributed by atoms with Gasteiger partial charge in [0.2, 0.25) is 5.82 Å². The van der Waals surface area contributed by atoms with Crippen molar-refractivity contribution in [3.8, 4) is 34.2 Å². The first-order valence-electron chi connectivity index (χ1n) is 14.3. The van der Waals surface area contributed by atoms with Gasteiger partial charge in [-0.1, -0.05) is 6.07 Å². The van der Waals surface area contributed by atoms with Gasteiger partial charge in [-0.15, -0.1) is 10.2 Å². The van der Waals surface area contributed by atoms with E-state index in [0.29, 0.717) is 52.3 Å². The zero-order valence-corrected chi connectivity index (χ0v) is 25.2. The van der Waals surface area contributed by atoms with Gasteiger partial charge in [0, 0.05) is 47.1 Å². The molecule has 2 fully saturated rings. The lowest BCUT2D eigenvalue weighted by atomic mass is 9.87. The highest BCUT2D eigenvalue weighted by Gasteiger charge is 2.46. The molecule has 2 saturated heterocycles. The van der Waals surface area contributed by atoms with E-state index in [4.69, 9.17) is 15.5 Å². The van der Waals surface area contributed by atoms with Crippen molar-refractivity contribution in [3.63, 3.8) is 0 Å². The van der Waals surface area contributed by atoms with Crippen molar-refractivity contribution in [2.75, 3.05) is 19.1 Å². The molecule has 6 heterocycles. The third-order valence-corrected chi connectivity index (χ3v) is 9.86. The van der Waals surface area contributed by atoms with E-state index >= 15 is 0 Å². The first-order valence-corrected chi connectivity index (χ1v) is 16.2. The number of nitriles is 1. The van der Waals surface area contributed by atoms with Crippen molar-refractivity contribution in [2.24, 2.45) is 0 Å². The third-order valence-electron chi connectivity index (χ3n) is 8.70. The van der Waals surface area contributed by atoms with Gasteiger partial charge in [-0.25, -0.2) is 13.4 Å². The number of hydrogen-bond donors (Lipinski definition) is 2. The number of rotatable bonds is 6. The zero-order chi connectivity index (χ0) is 31.5. The molecule has 0 aliphatic carbocycles. The Kier molecular flexibility index (Phi) is 6.73. The van der Waals surface area contributed by atoms with Crippen LogP contribution in [0, 0.1) is 11.3 Å². The Hall–Kier alpha value is -5.36. The van der Waals surface area contributed by atoms with Crippen molar-refractivity contribution < 1.29 is 17.9 Å². The number of aromatic amines is 1. The van der Waals surface area contributed by atoms with E-state index in [-0.39, 0.29) is 40.4 Å². The largest absolute Gasteiger partial charge is 0.495 e. The van der Waals surface area contributed by atoms with Crippen LogP contribution in [0.15, 0.2) is 53.9 Å². The average molecular weight is 625 g/mol. The molecule has 3 N–H and O–H groups in total. The lowest BCUT2D eigenvalue weighted by Gasteiger charge is -2.38. The van der Waals surface area contributed by atoms with E-state index < -0.39 is 9.84 Å². The normalized spacial score (nSPS) is 19.5. The lowest BCUT2D eigenvalue weighted by Crippen LogP contribution is -2.46. The number of fused-ring (bicyclic) bond motifs is 3. The number of nitrogens with one attached hydrogen (secondary N) is 1. The minimum absolute atomic E-state index is 0.0110. The molecule has 0 spiro atoms. The maximum atomic E-state index is 13.2. The number of H-pyrrole nitrogens is 1. The summed E-state index contributed by atoms with van der Waals surface area (Å²) >= 11 is 0. The van der Waals surface area contributed by atoms with Gasteiger partial charge >= 0.3 is 0 Å². The molecule has 2 unspecified atom stereocenters. The number of amides is 1. The SMILES string of the molecule is COc1ccc(-c2ccc(-c3cnn4c(N)c(S(C)(=O)=O)c(C5CC6CCC(C5)N6C(=O)c5nnc[nH]5)nc34)cn2)cc1C#N. The van der Waals surface area contributed by atoms with Crippen molar-refractivity contribution in [1.29, 1.82) is 5.26 Å². The number of nitrogens with two attached hydrogens (primary N) is 1. The van der Waals surface area contributed by atoms with Crippen molar-refractivity contribution >= 4 is 27.2 Å². The van der Waals surface area contributed by atoms with Crippen LogP contribution in [0.1, 0.15) is 53.5 Å². The van der Waals surface area contributed by atoms with Crippen molar-refractivity contribution in [1.82, 2.24) is 39.7 Å². The van der Waals surface area contributed by atoms with E-state index in [1.807, 2.05) is 23.1 Å². The van der Waals surface area contributed by atoms with E-state index in [0.717, 1.165) is 24.7 Å². The number of carbonyl (C=O) groups excluding carboxylic acids is 1. The van der Waals surface area contributed by atoms with Crippen molar-refractivity contribution in [3.05, 3.63) is 66.1 Å². The Bertz CT molecular complexity index is 2090. The number of anilines is 1. The van der Waals surface area contributed by atoms with Gasteiger partial charge in [-0.05, 0) is 49.9 Å². The summed E-state index contributed by atoms with van der Waals surface area (Å²) in [4.78, 5) is 27.3. The number of methoxy groups -OCH3 is 1. The number of sulfone groups is 1. The van der Waals surface area contributed by atoms with Gasteiger partial charge in [-0.2, -0.15) is 14.9 Å². The quantitative estimate of drug-likeness (QED) is 0.281. The second-order valence-corrected chi connectivity index (χ2v) is 13.3. The number of hydrogen-bond acceptors (Lipinski definition) is 11. The van der Waals surface area contributed by atoms with Crippen molar-refractivity contribution in [2.45, 2.75) is 48.6 Å². The molecule has 1 amide bonds. The average Bonchev–Trinajstić information content (AvgIpc) is 3.78. The van der Waals surface area contributed by atoms with Crippen LogP contribution in [0.3, 0.4) is 0 Å². The fraction of sp³-hybridized carbons (Fsp3) is 0.300. The molecule has 4 aromatic heterocycles. The van der Waals surface area contributed by atoms with Gasteiger partial charge in [-0.3, -0.25) is 9.78 Å². The highest BCUT2D eigenvalue weighted by Crippen LogP contribution is 2.45. The molecule has 0 saturated carbocycles.